The van der Waals surface area contributed by atoms with Crippen LogP contribution in [0.3, 0.4) is 0 Å². The predicted molar refractivity (Wildman–Crippen MR) is 105 cm³/mol. The molecule has 0 aliphatic rings. The zero-order valence-electron chi connectivity index (χ0n) is 14.6. The maximum absolute atomic E-state index is 12.3. The molecular formula is C22H18N4O. The highest BCUT2D eigenvalue weighted by molar-refractivity contribution is 6.03. The zero-order valence-corrected chi connectivity index (χ0v) is 14.6. The molecule has 0 aliphatic carbocycles. The molecule has 5 heteroatoms. The summed E-state index contributed by atoms with van der Waals surface area (Å²) in [4.78, 5) is 24.4. The van der Waals surface area contributed by atoms with Crippen molar-refractivity contribution in [1.82, 2.24) is 15.0 Å². The van der Waals surface area contributed by atoms with E-state index in [9.17, 15) is 4.79 Å². The van der Waals surface area contributed by atoms with Crippen LogP contribution < -0.4 is 5.32 Å². The van der Waals surface area contributed by atoms with Gasteiger partial charge in [-0.15, -0.1) is 0 Å². The standard InChI is InChI=1S/C22H18N4O/c27-22(17-9-5-2-6-10-17)26-20-14-18(11-12-23-20)21-24-15-19(25-21)13-16-7-3-1-4-8-16/h1-12,14-15H,13H2,(H,24,25)(H,23,26,27). The Balaban J connectivity index is 1.50. The van der Waals surface area contributed by atoms with Gasteiger partial charge in [-0.05, 0) is 29.8 Å². The van der Waals surface area contributed by atoms with Crippen LogP contribution in [-0.4, -0.2) is 20.9 Å². The van der Waals surface area contributed by atoms with Gasteiger partial charge in [0.1, 0.15) is 11.6 Å². The first kappa shape index (κ1) is 16.7. The average Bonchev–Trinajstić information content (AvgIpc) is 3.18. The molecule has 132 valence electrons. The molecule has 0 bridgehead atoms. The molecule has 0 spiro atoms. The van der Waals surface area contributed by atoms with Gasteiger partial charge in [-0.25, -0.2) is 9.97 Å². The Morgan fingerprint density at radius 1 is 0.963 bits per heavy atom. The third-order valence-corrected chi connectivity index (χ3v) is 4.17. The lowest BCUT2D eigenvalue weighted by molar-refractivity contribution is 0.102. The number of carbonyl (C=O) groups excluding carboxylic acids is 1. The van der Waals surface area contributed by atoms with E-state index in [-0.39, 0.29) is 5.91 Å². The second-order valence-electron chi connectivity index (χ2n) is 6.15. The molecule has 2 heterocycles. The van der Waals surface area contributed by atoms with Crippen LogP contribution in [0, 0.1) is 0 Å². The quantitative estimate of drug-likeness (QED) is 0.561. The molecule has 0 fully saturated rings. The number of H-pyrrole nitrogens is 1. The Kier molecular flexibility index (Phi) is 4.74. The Bertz CT molecular complexity index is 1040. The van der Waals surface area contributed by atoms with E-state index in [2.05, 4.69) is 32.4 Å². The normalized spacial score (nSPS) is 10.5. The number of nitrogens with zero attached hydrogens (tertiary/aromatic N) is 2. The molecule has 1 amide bonds. The van der Waals surface area contributed by atoms with E-state index >= 15 is 0 Å². The SMILES string of the molecule is O=C(Nc1cc(-c2nc(Cc3ccccc3)c[nH]2)ccn1)c1ccccc1. The molecule has 0 aliphatic heterocycles. The number of hydrogen-bond acceptors (Lipinski definition) is 3. The number of nitrogens with one attached hydrogen (secondary N) is 2. The number of rotatable bonds is 5. The molecule has 4 aromatic rings. The maximum Gasteiger partial charge on any atom is 0.256 e. The minimum Gasteiger partial charge on any atom is -0.344 e. The minimum absolute atomic E-state index is 0.190. The third kappa shape index (κ3) is 4.10. The van der Waals surface area contributed by atoms with Gasteiger partial charge in [0.15, 0.2) is 0 Å². The van der Waals surface area contributed by atoms with Crippen molar-refractivity contribution in [3.63, 3.8) is 0 Å². The molecule has 27 heavy (non-hydrogen) atoms. The van der Waals surface area contributed by atoms with Crippen molar-refractivity contribution in [1.29, 1.82) is 0 Å². The number of aromatic amines is 1. The number of amides is 1. The van der Waals surface area contributed by atoms with Gasteiger partial charge in [0.05, 0.1) is 5.69 Å². The van der Waals surface area contributed by atoms with Crippen molar-refractivity contribution in [2.75, 3.05) is 5.32 Å². The summed E-state index contributed by atoms with van der Waals surface area (Å²) in [5.74, 6) is 1.05. The smallest absolute Gasteiger partial charge is 0.256 e. The first-order valence-electron chi connectivity index (χ1n) is 8.69. The van der Waals surface area contributed by atoms with Crippen LogP contribution in [-0.2, 0) is 6.42 Å². The predicted octanol–water partition coefficient (Wildman–Crippen LogP) is 4.31. The van der Waals surface area contributed by atoms with Gasteiger partial charge < -0.3 is 10.3 Å². The van der Waals surface area contributed by atoms with Gasteiger partial charge in [-0.3, -0.25) is 4.79 Å². The summed E-state index contributed by atoms with van der Waals surface area (Å²) < 4.78 is 0. The summed E-state index contributed by atoms with van der Waals surface area (Å²) in [6.45, 7) is 0. The van der Waals surface area contributed by atoms with Gasteiger partial charge in [-0.2, -0.15) is 0 Å². The van der Waals surface area contributed by atoms with E-state index in [1.807, 2.05) is 54.7 Å². The van der Waals surface area contributed by atoms with Crippen LogP contribution >= 0.6 is 0 Å². The van der Waals surface area contributed by atoms with Gasteiger partial charge in [0, 0.05) is 29.9 Å². The fraction of sp³-hybridized carbons (Fsp3) is 0.0455. The fourth-order valence-corrected chi connectivity index (χ4v) is 2.83. The molecule has 2 aromatic carbocycles. The van der Waals surface area contributed by atoms with Crippen molar-refractivity contribution in [2.45, 2.75) is 6.42 Å². The zero-order chi connectivity index (χ0) is 18.5. The highest BCUT2D eigenvalue weighted by Gasteiger charge is 2.09. The summed E-state index contributed by atoms with van der Waals surface area (Å²) in [6.07, 6.45) is 4.33. The van der Waals surface area contributed by atoms with Gasteiger partial charge in [-0.1, -0.05) is 48.5 Å². The average molecular weight is 354 g/mol. The molecule has 0 unspecified atom stereocenters. The number of benzene rings is 2. The summed E-state index contributed by atoms with van der Waals surface area (Å²) >= 11 is 0. The summed E-state index contributed by atoms with van der Waals surface area (Å²) in [7, 11) is 0. The Labute approximate surface area is 157 Å². The minimum atomic E-state index is -0.190. The van der Waals surface area contributed by atoms with Crippen molar-refractivity contribution < 1.29 is 4.79 Å². The third-order valence-electron chi connectivity index (χ3n) is 4.17. The first-order valence-corrected chi connectivity index (χ1v) is 8.69. The van der Waals surface area contributed by atoms with Crippen molar-refractivity contribution in [2.24, 2.45) is 0 Å². The summed E-state index contributed by atoms with van der Waals surface area (Å²) in [5.41, 5.74) is 3.63. The van der Waals surface area contributed by atoms with Crippen molar-refractivity contribution >= 4 is 11.7 Å². The monoisotopic (exact) mass is 354 g/mol. The fourth-order valence-electron chi connectivity index (χ4n) is 2.83. The molecule has 0 saturated carbocycles. The molecule has 4 rings (SSSR count). The van der Waals surface area contributed by atoms with Crippen LogP contribution in [0.15, 0.2) is 85.2 Å². The Hall–Kier alpha value is -3.73. The van der Waals surface area contributed by atoms with Crippen molar-refractivity contribution in [3.05, 3.63) is 102 Å². The highest BCUT2D eigenvalue weighted by Crippen LogP contribution is 2.19. The van der Waals surface area contributed by atoms with Crippen LogP contribution in [0.25, 0.3) is 11.4 Å². The van der Waals surface area contributed by atoms with E-state index in [4.69, 9.17) is 0 Å². The second-order valence-corrected chi connectivity index (χ2v) is 6.15. The lowest BCUT2D eigenvalue weighted by atomic mass is 10.1. The van der Waals surface area contributed by atoms with E-state index in [1.54, 1.807) is 18.3 Å². The number of anilines is 1. The number of pyridine rings is 1. The highest BCUT2D eigenvalue weighted by atomic mass is 16.1. The number of carbonyl (C=O) groups is 1. The molecule has 5 nitrogen and oxygen atoms in total. The number of imidazole rings is 1. The van der Waals surface area contributed by atoms with Gasteiger partial charge in [0.25, 0.3) is 5.91 Å². The Morgan fingerprint density at radius 3 is 2.48 bits per heavy atom. The second kappa shape index (κ2) is 7.66. The molecule has 0 saturated heterocycles. The van der Waals surface area contributed by atoms with Crippen LogP contribution in [0.5, 0.6) is 0 Å². The lowest BCUT2D eigenvalue weighted by Gasteiger charge is -2.05. The Morgan fingerprint density at radius 2 is 1.70 bits per heavy atom. The van der Waals surface area contributed by atoms with E-state index in [0.29, 0.717) is 11.4 Å². The number of aromatic nitrogens is 3. The van der Waals surface area contributed by atoms with Gasteiger partial charge in [0.2, 0.25) is 0 Å². The first-order chi connectivity index (χ1) is 13.3. The molecular weight excluding hydrogens is 336 g/mol. The largest absolute Gasteiger partial charge is 0.344 e. The lowest BCUT2D eigenvalue weighted by Crippen LogP contribution is -2.12. The van der Waals surface area contributed by atoms with E-state index in [1.165, 1.54) is 5.56 Å². The topological polar surface area (TPSA) is 70.7 Å². The summed E-state index contributed by atoms with van der Waals surface area (Å²) in [6, 6.07) is 22.9. The van der Waals surface area contributed by atoms with Crippen LogP contribution in [0.2, 0.25) is 0 Å². The molecule has 2 N–H and O–H groups in total. The molecule has 0 atom stereocenters. The number of hydrogen-bond donors (Lipinski definition) is 2. The van der Waals surface area contributed by atoms with Gasteiger partial charge >= 0.3 is 0 Å². The van der Waals surface area contributed by atoms with Crippen molar-refractivity contribution in [3.8, 4) is 11.4 Å². The summed E-state index contributed by atoms with van der Waals surface area (Å²) in [5, 5.41) is 2.82. The molecule has 0 radical (unpaired) electrons. The maximum atomic E-state index is 12.3. The van der Waals surface area contributed by atoms with E-state index in [0.717, 1.165) is 23.5 Å². The van der Waals surface area contributed by atoms with Crippen LogP contribution in [0.4, 0.5) is 5.82 Å². The van der Waals surface area contributed by atoms with Crippen LogP contribution in [0.1, 0.15) is 21.6 Å². The van der Waals surface area contributed by atoms with E-state index < -0.39 is 0 Å². The molecule has 2 aromatic heterocycles.